The van der Waals surface area contributed by atoms with Crippen molar-refractivity contribution in [3.05, 3.63) is 76.1 Å². The Hall–Kier alpha value is -4.27. The van der Waals surface area contributed by atoms with Crippen molar-refractivity contribution in [3.8, 4) is 17.2 Å². The van der Waals surface area contributed by atoms with Crippen molar-refractivity contribution in [1.29, 1.82) is 0 Å². The van der Waals surface area contributed by atoms with Gasteiger partial charge in [0.25, 0.3) is 0 Å². The van der Waals surface area contributed by atoms with Crippen LogP contribution in [-0.4, -0.2) is 52.3 Å². The molecule has 0 amide bonds. The molecule has 0 unspecified atom stereocenters. The normalized spacial score (nSPS) is 20.4. The van der Waals surface area contributed by atoms with Gasteiger partial charge in [-0.25, -0.2) is 4.79 Å². The molecule has 1 N–H and O–H groups in total. The predicted molar refractivity (Wildman–Crippen MR) is 147 cm³/mol. The van der Waals surface area contributed by atoms with Crippen molar-refractivity contribution in [1.82, 2.24) is 5.32 Å². The summed E-state index contributed by atoms with van der Waals surface area (Å²) in [5.41, 5.74) is 3.17. The lowest BCUT2D eigenvalue weighted by Gasteiger charge is -2.39. The maximum absolute atomic E-state index is 14.5. The number of methoxy groups -OCH3 is 3. The third-order valence-electron chi connectivity index (χ3n) is 7.33. The third kappa shape index (κ3) is 5.15. The van der Waals surface area contributed by atoms with Gasteiger partial charge in [-0.2, -0.15) is 0 Å². The maximum Gasteiger partial charge on any atom is 0.336 e. The van der Waals surface area contributed by atoms with Crippen molar-refractivity contribution in [2.75, 3.05) is 34.5 Å². The number of esters is 2. The number of Topliss-reactive ketones (excluding diaryl/α,β-unsaturated/α-hetero) is 1. The summed E-state index contributed by atoms with van der Waals surface area (Å²) in [5.74, 6) is -2.56. The first kappa shape index (κ1) is 28.7. The molecule has 0 radical (unpaired) electrons. The SMILES string of the molecule is CCOC(=O)C1=C(C)NC2=C(C(=O)[C@@H](C(=O)OCC)[C@@H](c3ccccc3OC)C2)[C@@H]1c1ccc(OC)c(OC)c1. The van der Waals surface area contributed by atoms with E-state index >= 15 is 0 Å². The number of carbonyl (C=O) groups is 3. The largest absolute Gasteiger partial charge is 0.496 e. The van der Waals surface area contributed by atoms with Gasteiger partial charge in [0.2, 0.25) is 0 Å². The highest BCUT2D eigenvalue weighted by Gasteiger charge is 2.49. The van der Waals surface area contributed by atoms with Crippen LogP contribution in [0.3, 0.4) is 0 Å². The molecule has 212 valence electrons. The van der Waals surface area contributed by atoms with Crippen molar-refractivity contribution in [3.63, 3.8) is 0 Å². The second-order valence-electron chi connectivity index (χ2n) is 9.47. The van der Waals surface area contributed by atoms with E-state index < -0.39 is 35.5 Å². The van der Waals surface area contributed by atoms with E-state index in [2.05, 4.69) is 5.32 Å². The van der Waals surface area contributed by atoms with Crippen LogP contribution in [0.2, 0.25) is 0 Å². The van der Waals surface area contributed by atoms with Gasteiger partial charge in [-0.05, 0) is 56.5 Å². The highest BCUT2D eigenvalue weighted by molar-refractivity contribution is 6.13. The van der Waals surface area contributed by atoms with E-state index in [4.69, 9.17) is 23.7 Å². The van der Waals surface area contributed by atoms with E-state index in [9.17, 15) is 14.4 Å². The van der Waals surface area contributed by atoms with E-state index in [1.807, 2.05) is 18.2 Å². The number of allylic oxidation sites excluding steroid dienone is 3. The second-order valence-corrected chi connectivity index (χ2v) is 9.47. The smallest absolute Gasteiger partial charge is 0.336 e. The highest BCUT2D eigenvalue weighted by atomic mass is 16.5. The van der Waals surface area contributed by atoms with E-state index in [-0.39, 0.29) is 13.2 Å². The fourth-order valence-electron chi connectivity index (χ4n) is 5.65. The number of benzene rings is 2. The molecule has 1 aliphatic carbocycles. The Kier molecular flexibility index (Phi) is 8.82. The first-order valence-electron chi connectivity index (χ1n) is 13.2. The number of para-hydroxylation sites is 1. The fourth-order valence-corrected chi connectivity index (χ4v) is 5.65. The zero-order valence-corrected chi connectivity index (χ0v) is 23.7. The van der Waals surface area contributed by atoms with Gasteiger partial charge in [0.05, 0.1) is 40.1 Å². The van der Waals surface area contributed by atoms with Crippen molar-refractivity contribution in [2.24, 2.45) is 5.92 Å². The molecule has 2 aliphatic rings. The van der Waals surface area contributed by atoms with Crippen LogP contribution in [0.1, 0.15) is 50.2 Å². The molecule has 0 aromatic heterocycles. The Balaban J connectivity index is 1.95. The lowest BCUT2D eigenvalue weighted by molar-refractivity contribution is -0.152. The highest BCUT2D eigenvalue weighted by Crippen LogP contribution is 2.50. The summed E-state index contributed by atoms with van der Waals surface area (Å²) in [6, 6.07) is 12.6. The molecular weight excluding hydrogens is 514 g/mol. The van der Waals surface area contributed by atoms with Crippen LogP contribution in [0.5, 0.6) is 17.2 Å². The monoisotopic (exact) mass is 549 g/mol. The van der Waals surface area contributed by atoms with Gasteiger partial charge in [-0.1, -0.05) is 24.3 Å². The number of hydrogen-bond acceptors (Lipinski definition) is 9. The molecule has 9 nitrogen and oxygen atoms in total. The van der Waals surface area contributed by atoms with Crippen molar-refractivity contribution >= 4 is 17.7 Å². The second kappa shape index (κ2) is 12.3. The first-order valence-corrected chi connectivity index (χ1v) is 13.2. The van der Waals surface area contributed by atoms with Gasteiger partial charge in [-0.3, -0.25) is 9.59 Å². The van der Waals surface area contributed by atoms with Crippen molar-refractivity contribution in [2.45, 2.75) is 39.0 Å². The van der Waals surface area contributed by atoms with Gasteiger partial charge < -0.3 is 29.0 Å². The number of hydrogen-bond donors (Lipinski definition) is 1. The van der Waals surface area contributed by atoms with Crippen LogP contribution in [-0.2, 0) is 23.9 Å². The molecule has 4 rings (SSSR count). The number of nitrogens with one attached hydrogen (secondary N) is 1. The van der Waals surface area contributed by atoms with Crippen LogP contribution >= 0.6 is 0 Å². The molecule has 2 aromatic carbocycles. The standard InChI is InChI=1S/C31H35NO8/c1-7-39-30(34)25-17(3)32-21-16-20(19-11-9-10-12-22(19)36-4)27(31(35)40-8-2)29(33)28(21)26(25)18-13-14-23(37-5)24(15-18)38-6/h9-15,20,26-27,32H,7-8,16H2,1-6H3/t20-,26-,27+/m1/s1. The predicted octanol–water partition coefficient (Wildman–Crippen LogP) is 4.43. The summed E-state index contributed by atoms with van der Waals surface area (Å²) in [4.78, 5) is 41.2. The van der Waals surface area contributed by atoms with Crippen molar-refractivity contribution < 1.29 is 38.1 Å². The summed E-state index contributed by atoms with van der Waals surface area (Å²) >= 11 is 0. The Morgan fingerprint density at radius 2 is 1.57 bits per heavy atom. The number of dihydropyridines is 1. The zero-order chi connectivity index (χ0) is 29.0. The minimum absolute atomic E-state index is 0.123. The van der Waals surface area contributed by atoms with E-state index in [1.165, 1.54) is 14.2 Å². The van der Waals surface area contributed by atoms with Gasteiger partial charge in [0.15, 0.2) is 17.3 Å². The summed E-state index contributed by atoms with van der Waals surface area (Å²) < 4.78 is 27.4. The molecule has 0 saturated heterocycles. The maximum atomic E-state index is 14.5. The molecule has 0 bridgehead atoms. The summed E-state index contributed by atoms with van der Waals surface area (Å²) in [7, 11) is 4.60. The topological polar surface area (TPSA) is 109 Å². The molecule has 0 saturated carbocycles. The third-order valence-corrected chi connectivity index (χ3v) is 7.33. The summed E-state index contributed by atoms with van der Waals surface area (Å²) in [5, 5.41) is 3.31. The van der Waals surface area contributed by atoms with Crippen LogP contribution in [0.4, 0.5) is 0 Å². The van der Waals surface area contributed by atoms with E-state index in [0.29, 0.717) is 51.8 Å². The minimum Gasteiger partial charge on any atom is -0.496 e. The van der Waals surface area contributed by atoms with Gasteiger partial charge in [0.1, 0.15) is 11.7 Å². The number of ether oxygens (including phenoxy) is 5. The number of carbonyl (C=O) groups excluding carboxylic acids is 3. The van der Waals surface area contributed by atoms with Gasteiger partial charge >= 0.3 is 11.9 Å². The molecule has 0 spiro atoms. The van der Waals surface area contributed by atoms with Gasteiger partial charge in [-0.15, -0.1) is 0 Å². The lowest BCUT2D eigenvalue weighted by Crippen LogP contribution is -2.43. The quantitative estimate of drug-likeness (QED) is 0.359. The first-order chi connectivity index (χ1) is 19.3. The van der Waals surface area contributed by atoms with E-state index in [1.54, 1.807) is 52.1 Å². The molecule has 9 heteroatoms. The van der Waals surface area contributed by atoms with Crippen LogP contribution in [0.15, 0.2) is 65.0 Å². The van der Waals surface area contributed by atoms with Crippen LogP contribution in [0.25, 0.3) is 0 Å². The Morgan fingerprint density at radius 3 is 2.23 bits per heavy atom. The Labute approximate surface area is 234 Å². The molecule has 0 fully saturated rings. The number of rotatable bonds is 9. The van der Waals surface area contributed by atoms with Crippen LogP contribution < -0.4 is 19.5 Å². The molecule has 3 atom stereocenters. The molecule has 1 aliphatic heterocycles. The fraction of sp³-hybridized carbons (Fsp3) is 0.387. The minimum atomic E-state index is -1.14. The molecule has 2 aromatic rings. The average molecular weight is 550 g/mol. The molecular formula is C31H35NO8. The zero-order valence-electron chi connectivity index (χ0n) is 23.7. The average Bonchev–Trinajstić information content (AvgIpc) is 2.95. The number of ketones is 1. The molecule has 40 heavy (non-hydrogen) atoms. The summed E-state index contributed by atoms with van der Waals surface area (Å²) in [6.07, 6.45) is 0.322. The van der Waals surface area contributed by atoms with Gasteiger partial charge in [0, 0.05) is 28.8 Å². The lowest BCUT2D eigenvalue weighted by atomic mass is 9.67. The summed E-state index contributed by atoms with van der Waals surface area (Å²) in [6.45, 7) is 5.49. The van der Waals surface area contributed by atoms with Crippen LogP contribution in [0, 0.1) is 5.92 Å². The molecule has 1 heterocycles. The van der Waals surface area contributed by atoms with E-state index in [0.717, 1.165) is 5.56 Å². The Bertz CT molecular complexity index is 1380. The Morgan fingerprint density at radius 1 is 0.900 bits per heavy atom.